The zero-order chi connectivity index (χ0) is 11.8. The summed E-state index contributed by atoms with van der Waals surface area (Å²) in [5.41, 5.74) is 2.54. The molecule has 0 aliphatic rings. The molecule has 1 aromatic heterocycles. The van der Waals surface area contributed by atoms with Crippen LogP contribution in [-0.4, -0.2) is 25.7 Å². The van der Waals surface area contributed by atoms with E-state index in [0.29, 0.717) is 19.1 Å². The molecule has 1 rings (SSSR count). The second kappa shape index (κ2) is 7.21. The van der Waals surface area contributed by atoms with Crippen LogP contribution in [0.4, 0.5) is 0 Å². The molecule has 0 spiro atoms. The topological polar surface area (TPSA) is 71.7 Å². The molecule has 1 unspecified atom stereocenters. The van der Waals surface area contributed by atoms with Crippen molar-refractivity contribution in [3.05, 3.63) is 22.4 Å². The Hall–Kier alpha value is -1.11. The molecule has 0 saturated heterocycles. The Bertz CT molecular complexity index is 313. The lowest BCUT2D eigenvalue weighted by Gasteiger charge is -2.15. The van der Waals surface area contributed by atoms with E-state index in [9.17, 15) is 0 Å². The number of nitrogens with zero attached hydrogens (tertiary/aromatic N) is 1. The first-order valence-electron chi connectivity index (χ1n) is 5.05. The average Bonchev–Trinajstić information content (AvgIpc) is 2.77. The number of hydrazine groups is 1. The summed E-state index contributed by atoms with van der Waals surface area (Å²) >= 11 is 1.68. The summed E-state index contributed by atoms with van der Waals surface area (Å²) in [6.07, 6.45) is 0. The van der Waals surface area contributed by atoms with Gasteiger partial charge in [-0.05, 0) is 18.4 Å². The van der Waals surface area contributed by atoms with Gasteiger partial charge in [0.05, 0.1) is 13.2 Å². The molecule has 0 aliphatic carbocycles. The Labute approximate surface area is 99.7 Å². The molecular formula is C10H18N4OS. The predicted octanol–water partition coefficient (Wildman–Crippen LogP) is 0.692. The maximum atomic E-state index is 5.38. The Balaban J connectivity index is 2.43. The molecular weight excluding hydrogens is 224 g/mol. The van der Waals surface area contributed by atoms with Crippen molar-refractivity contribution in [1.29, 1.82) is 0 Å². The van der Waals surface area contributed by atoms with Crippen LogP contribution in [0.5, 0.6) is 0 Å². The van der Waals surface area contributed by atoms with E-state index in [1.165, 1.54) is 4.88 Å². The van der Waals surface area contributed by atoms with Gasteiger partial charge in [-0.1, -0.05) is 6.07 Å². The average molecular weight is 242 g/mol. The fourth-order valence-electron chi connectivity index (χ4n) is 1.22. The summed E-state index contributed by atoms with van der Waals surface area (Å²) < 4.78 is 5.02. The summed E-state index contributed by atoms with van der Waals surface area (Å²) in [6, 6.07) is 4.22. The summed E-state index contributed by atoms with van der Waals surface area (Å²) in [5, 5.41) is 5.15. The minimum atomic E-state index is 0.170. The van der Waals surface area contributed by atoms with Crippen LogP contribution in [0.25, 0.3) is 0 Å². The number of hydrogen-bond donors (Lipinski definition) is 3. The smallest absolute Gasteiger partial charge is 0.206 e. The van der Waals surface area contributed by atoms with Crippen molar-refractivity contribution in [2.45, 2.75) is 19.5 Å². The molecule has 5 nitrogen and oxygen atoms in total. The zero-order valence-electron chi connectivity index (χ0n) is 9.56. The van der Waals surface area contributed by atoms with Gasteiger partial charge in [-0.2, -0.15) is 0 Å². The molecule has 0 bridgehead atoms. The normalized spacial score (nSPS) is 13.6. The van der Waals surface area contributed by atoms with Crippen LogP contribution in [0.15, 0.2) is 22.5 Å². The van der Waals surface area contributed by atoms with E-state index in [1.54, 1.807) is 18.4 Å². The van der Waals surface area contributed by atoms with Crippen LogP contribution in [0.2, 0.25) is 0 Å². The van der Waals surface area contributed by atoms with Gasteiger partial charge < -0.3 is 10.1 Å². The highest BCUT2D eigenvalue weighted by molar-refractivity contribution is 7.09. The van der Waals surface area contributed by atoms with E-state index in [0.717, 1.165) is 0 Å². The summed E-state index contributed by atoms with van der Waals surface area (Å²) in [6.45, 7) is 3.24. The minimum Gasteiger partial charge on any atom is -0.383 e. The molecule has 0 aromatic carbocycles. The highest BCUT2D eigenvalue weighted by Gasteiger charge is 2.03. The lowest BCUT2D eigenvalue weighted by molar-refractivity contribution is 0.179. The minimum absolute atomic E-state index is 0.170. The van der Waals surface area contributed by atoms with E-state index < -0.39 is 0 Å². The lowest BCUT2D eigenvalue weighted by atomic mass is 10.4. The number of nitrogens with one attached hydrogen (secondary N) is 2. The molecule has 1 atom stereocenters. The van der Waals surface area contributed by atoms with Crippen molar-refractivity contribution in [1.82, 2.24) is 10.7 Å². The summed E-state index contributed by atoms with van der Waals surface area (Å²) in [7, 11) is 1.66. The number of methoxy groups -OCH3 is 1. The summed E-state index contributed by atoms with van der Waals surface area (Å²) in [4.78, 5) is 5.53. The van der Waals surface area contributed by atoms with Crippen LogP contribution < -0.4 is 16.6 Å². The molecule has 0 radical (unpaired) electrons. The monoisotopic (exact) mass is 242 g/mol. The molecule has 0 amide bonds. The van der Waals surface area contributed by atoms with Gasteiger partial charge in [0.1, 0.15) is 0 Å². The summed E-state index contributed by atoms with van der Waals surface area (Å²) in [5.74, 6) is 5.96. The van der Waals surface area contributed by atoms with Crippen molar-refractivity contribution in [3.8, 4) is 0 Å². The van der Waals surface area contributed by atoms with Crippen molar-refractivity contribution in [2.75, 3.05) is 13.7 Å². The first-order chi connectivity index (χ1) is 7.76. The van der Waals surface area contributed by atoms with Gasteiger partial charge in [-0.15, -0.1) is 11.3 Å². The van der Waals surface area contributed by atoms with Crippen LogP contribution in [0.1, 0.15) is 11.8 Å². The fourth-order valence-corrected chi connectivity index (χ4v) is 1.85. The standard InChI is InChI=1S/C10H18N4OS/c1-8(7-15-2)13-10(14-11)12-6-9-4-3-5-16-9/h3-5,8H,6-7,11H2,1-2H3,(H2,12,13,14). The quantitative estimate of drug-likeness (QED) is 0.307. The van der Waals surface area contributed by atoms with Crippen LogP contribution >= 0.6 is 11.3 Å². The van der Waals surface area contributed by atoms with Crippen LogP contribution in [0.3, 0.4) is 0 Å². The van der Waals surface area contributed by atoms with Crippen LogP contribution in [-0.2, 0) is 11.3 Å². The maximum Gasteiger partial charge on any atom is 0.206 e. The third kappa shape index (κ3) is 4.61. The SMILES string of the molecule is COCC(C)NC(=NCc1cccs1)NN. The molecule has 0 fully saturated rings. The number of guanidine groups is 1. The number of ether oxygens (including phenoxy) is 1. The lowest BCUT2D eigenvalue weighted by Crippen LogP contribution is -2.46. The van der Waals surface area contributed by atoms with Crippen molar-refractivity contribution < 1.29 is 4.74 Å². The first-order valence-corrected chi connectivity index (χ1v) is 5.93. The maximum absolute atomic E-state index is 5.38. The largest absolute Gasteiger partial charge is 0.383 e. The third-order valence-electron chi connectivity index (χ3n) is 1.91. The molecule has 6 heteroatoms. The Morgan fingerprint density at radius 1 is 1.69 bits per heavy atom. The fraction of sp³-hybridized carbons (Fsp3) is 0.500. The Kier molecular flexibility index (Phi) is 5.84. The van der Waals surface area contributed by atoms with Gasteiger partial charge in [0.15, 0.2) is 0 Å². The van der Waals surface area contributed by atoms with Crippen LogP contribution in [0, 0.1) is 0 Å². The van der Waals surface area contributed by atoms with Gasteiger partial charge in [0.2, 0.25) is 5.96 Å². The van der Waals surface area contributed by atoms with E-state index in [-0.39, 0.29) is 6.04 Å². The van der Waals surface area contributed by atoms with Crippen molar-refractivity contribution in [2.24, 2.45) is 10.8 Å². The number of rotatable bonds is 5. The predicted molar refractivity (Wildman–Crippen MR) is 67.3 cm³/mol. The van der Waals surface area contributed by atoms with E-state index in [2.05, 4.69) is 15.7 Å². The highest BCUT2D eigenvalue weighted by atomic mass is 32.1. The second-order valence-corrected chi connectivity index (χ2v) is 4.42. The highest BCUT2D eigenvalue weighted by Crippen LogP contribution is 2.09. The molecule has 16 heavy (non-hydrogen) atoms. The second-order valence-electron chi connectivity index (χ2n) is 3.39. The van der Waals surface area contributed by atoms with Gasteiger partial charge in [0.25, 0.3) is 0 Å². The molecule has 0 saturated carbocycles. The van der Waals surface area contributed by atoms with Gasteiger partial charge in [-0.3, -0.25) is 5.43 Å². The van der Waals surface area contributed by atoms with Gasteiger partial charge in [-0.25, -0.2) is 10.8 Å². The molecule has 0 aliphatic heterocycles. The van der Waals surface area contributed by atoms with E-state index >= 15 is 0 Å². The molecule has 90 valence electrons. The van der Waals surface area contributed by atoms with Gasteiger partial charge in [0, 0.05) is 18.0 Å². The van der Waals surface area contributed by atoms with Crippen molar-refractivity contribution >= 4 is 17.3 Å². The van der Waals surface area contributed by atoms with Gasteiger partial charge >= 0.3 is 0 Å². The number of thiophene rings is 1. The molecule has 1 aromatic rings. The van der Waals surface area contributed by atoms with E-state index in [4.69, 9.17) is 10.6 Å². The first kappa shape index (κ1) is 13.0. The Morgan fingerprint density at radius 2 is 2.50 bits per heavy atom. The van der Waals surface area contributed by atoms with Crippen molar-refractivity contribution in [3.63, 3.8) is 0 Å². The third-order valence-corrected chi connectivity index (χ3v) is 2.77. The number of aliphatic imine (C=N–C) groups is 1. The molecule has 4 N–H and O–H groups in total. The van der Waals surface area contributed by atoms with E-state index in [1.807, 2.05) is 24.4 Å². The number of hydrogen-bond acceptors (Lipinski definition) is 4. The Morgan fingerprint density at radius 3 is 3.06 bits per heavy atom. The molecule has 1 heterocycles. The number of nitrogens with two attached hydrogens (primary N) is 1. The zero-order valence-corrected chi connectivity index (χ0v) is 10.4.